The molecule has 8 heteroatoms. The van der Waals surface area contributed by atoms with Crippen molar-refractivity contribution in [3.05, 3.63) is 353 Å². The van der Waals surface area contributed by atoms with Crippen LogP contribution in [0.2, 0.25) is 72.5 Å². The molecule has 10 rings (SSSR count). The molecule has 524 valence electrons. The third-order valence-corrected chi connectivity index (χ3v) is 54.5. The maximum absolute atomic E-state index is 4.56. The van der Waals surface area contributed by atoms with E-state index < -0.39 is 63.9 Å². The van der Waals surface area contributed by atoms with Gasteiger partial charge in [0.05, 0.1) is 0 Å². The van der Waals surface area contributed by atoms with E-state index in [9.17, 15) is 0 Å². The van der Waals surface area contributed by atoms with Crippen LogP contribution in [-0.2, 0) is 0 Å². The van der Waals surface area contributed by atoms with Crippen LogP contribution in [0.5, 0.6) is 0 Å². The van der Waals surface area contributed by atoms with Gasteiger partial charge in [0.2, 0.25) is 0 Å². The van der Waals surface area contributed by atoms with E-state index in [-0.39, 0.29) is 23.7 Å². The summed E-state index contributed by atoms with van der Waals surface area (Å²) in [6.07, 6.45) is 0. The molecule has 0 aliphatic carbocycles. The van der Waals surface area contributed by atoms with Crippen molar-refractivity contribution in [1.82, 2.24) is 0 Å². The van der Waals surface area contributed by atoms with Crippen molar-refractivity contribution >= 4 is 75.3 Å². The molecule has 0 saturated heterocycles. The van der Waals surface area contributed by atoms with E-state index in [1.54, 1.807) is 4.03 Å². The standard InChI is InChI=1S/C94H114Ge2N2Si4/c1-67(2)101(68(3)4,69(5)6)97(92-83(88(75-45-29-21-30-46-75)76-47-31-22-32-48-76)63-73(13)64-84(92)89(77-49-33-23-34-50-77)78-51-35-24-36-52-78)95-87(61-62-99(15,16)17)94(100(18,19)20)96-98(102(70(7)8,71(9)10)72(11)12)93-85(90(79-53-37-25-38-54-79)80-55-39-26-40-56-80)65-74(14)66-86(93)91(81-57-41-27-42-58-81)82-59-43-28-44-60-82/h21-60,63-72,88-91H,1-20H3/b94-87-. The summed E-state index contributed by atoms with van der Waals surface area (Å²) in [4.78, 5) is 0. The first kappa shape index (κ1) is 77.7. The van der Waals surface area contributed by atoms with Crippen LogP contribution in [-0.4, -0.2) is 63.9 Å². The molecule has 0 unspecified atom stereocenters. The van der Waals surface area contributed by atoms with Crippen LogP contribution >= 0.6 is 0 Å². The van der Waals surface area contributed by atoms with Crippen molar-refractivity contribution in [3.8, 4) is 11.5 Å². The monoisotopic (exact) mass is 1530 g/mol. The molecule has 0 bridgehead atoms. The molecule has 0 aliphatic heterocycles. The number of hydrogen-bond acceptors (Lipinski definition) is 2. The number of aryl methyl sites for hydroxylation is 2. The average Bonchev–Trinajstić information content (AvgIpc) is 0.726. The third kappa shape index (κ3) is 16.7. The molecule has 0 atom stereocenters. The molecular weight excluding hydrogens is 1410 g/mol. The second-order valence-corrected chi connectivity index (χ2v) is 61.7. The molecule has 0 heterocycles. The van der Waals surface area contributed by atoms with Gasteiger partial charge in [0.1, 0.15) is 0 Å². The van der Waals surface area contributed by atoms with Crippen molar-refractivity contribution in [3.63, 3.8) is 0 Å². The van der Waals surface area contributed by atoms with Crippen molar-refractivity contribution < 1.29 is 0 Å². The molecule has 4 radical (unpaired) electrons. The average molecular weight is 1530 g/mol. The zero-order chi connectivity index (χ0) is 73.3. The molecule has 0 amide bonds. The van der Waals surface area contributed by atoms with E-state index in [0.717, 1.165) is 0 Å². The van der Waals surface area contributed by atoms with Gasteiger partial charge in [-0.05, 0) is 0 Å². The second kappa shape index (κ2) is 33.9. The van der Waals surface area contributed by atoms with Crippen LogP contribution in [0.4, 0.5) is 11.4 Å². The number of anilines is 2. The second-order valence-electron chi connectivity index (χ2n) is 32.7. The fourth-order valence-electron chi connectivity index (χ4n) is 17.9. The zero-order valence-electron chi connectivity index (χ0n) is 65.1. The summed E-state index contributed by atoms with van der Waals surface area (Å²) in [6, 6.07) is 103. The van der Waals surface area contributed by atoms with Gasteiger partial charge < -0.3 is 0 Å². The molecule has 0 saturated carbocycles. The zero-order valence-corrected chi connectivity index (χ0v) is 73.3. The molecule has 10 aromatic carbocycles. The topological polar surface area (TPSA) is 6.48 Å². The van der Waals surface area contributed by atoms with Crippen molar-refractivity contribution in [2.24, 2.45) is 0 Å². The molecule has 10 aromatic rings. The quantitative estimate of drug-likeness (QED) is 0.0288. The molecule has 0 spiro atoms. The van der Waals surface area contributed by atoms with Crippen molar-refractivity contribution in [1.29, 1.82) is 0 Å². The van der Waals surface area contributed by atoms with E-state index in [1.807, 2.05) is 0 Å². The van der Waals surface area contributed by atoms with E-state index >= 15 is 0 Å². The van der Waals surface area contributed by atoms with Gasteiger partial charge in [-0.3, -0.25) is 0 Å². The van der Waals surface area contributed by atoms with E-state index in [4.69, 9.17) is 0 Å². The summed E-state index contributed by atoms with van der Waals surface area (Å²) in [6.45, 7) is 52.0. The van der Waals surface area contributed by atoms with Crippen LogP contribution in [0.25, 0.3) is 0 Å². The number of hydrogen-bond donors (Lipinski definition) is 0. The van der Waals surface area contributed by atoms with Crippen LogP contribution in [0, 0.1) is 25.3 Å². The third-order valence-electron chi connectivity index (χ3n) is 21.7. The van der Waals surface area contributed by atoms with Gasteiger partial charge in [-0.25, -0.2) is 0 Å². The fraction of sp³-hybridized carbons (Fsp3) is 0.319. The number of rotatable bonds is 27. The Kier molecular flexibility index (Phi) is 25.8. The number of nitrogens with zero attached hydrogens (tertiary/aromatic N) is 2. The molecule has 102 heavy (non-hydrogen) atoms. The summed E-state index contributed by atoms with van der Waals surface area (Å²) < 4.78 is 10.0. The normalized spacial score (nSPS) is 12.8. The first-order valence-corrected chi connectivity index (χ1v) is 53.1. The fourth-order valence-corrected chi connectivity index (χ4v) is 56.4. The molecule has 0 aliphatic rings. The SMILES string of the molecule is Cc1cc(C(c2ccccc2)c2ccccc2)c([N]([Ge]/[C](C#C[Si](C)(C)C)=[C](/[Ge][N](c2c(C(c3ccccc3)c3ccccc3)cc(C)cc2C(c2ccccc2)c2ccccc2)[Si](C(C)C)(C(C)C)C(C)C)[Si](C)(C)C)[Si](C(C)C)(C(C)C)C(C)C)c(C(c2ccccc2)c2ccccc2)c1. The first-order chi connectivity index (χ1) is 48.7. The predicted octanol–water partition coefficient (Wildman–Crippen LogP) is 25.9. The van der Waals surface area contributed by atoms with Crippen LogP contribution < -0.4 is 7.05 Å². The first-order valence-electron chi connectivity index (χ1n) is 37.8. The van der Waals surface area contributed by atoms with Gasteiger partial charge in [0.15, 0.2) is 0 Å². The van der Waals surface area contributed by atoms with Gasteiger partial charge in [0.25, 0.3) is 0 Å². The van der Waals surface area contributed by atoms with Crippen LogP contribution in [0.1, 0.15) is 185 Å². The van der Waals surface area contributed by atoms with Crippen LogP contribution in [0.3, 0.4) is 0 Å². The summed E-state index contributed by atoms with van der Waals surface area (Å²) >= 11 is -2.66. The Morgan fingerprint density at radius 1 is 0.294 bits per heavy atom. The Balaban J connectivity index is 1.45. The van der Waals surface area contributed by atoms with Crippen molar-refractivity contribution in [2.75, 3.05) is 7.05 Å². The number of benzene rings is 10. The van der Waals surface area contributed by atoms with Gasteiger partial charge >= 0.3 is 640 Å². The Morgan fingerprint density at radius 2 is 0.490 bits per heavy atom. The predicted molar refractivity (Wildman–Crippen MR) is 458 cm³/mol. The molecule has 0 aromatic heterocycles. The summed E-state index contributed by atoms with van der Waals surface area (Å²) in [5, 5.41) is 0. The van der Waals surface area contributed by atoms with E-state index in [0.29, 0.717) is 33.2 Å². The molecule has 0 N–H and O–H groups in total. The van der Waals surface area contributed by atoms with Crippen molar-refractivity contribution in [2.45, 2.75) is 193 Å². The van der Waals surface area contributed by atoms with Gasteiger partial charge in [0, 0.05) is 0 Å². The summed E-state index contributed by atoms with van der Waals surface area (Å²) in [5.74, 6) is 4.35. The van der Waals surface area contributed by atoms with Crippen LogP contribution in [0.15, 0.2) is 275 Å². The van der Waals surface area contributed by atoms with Gasteiger partial charge in [-0.2, -0.15) is 0 Å². The Hall–Kier alpha value is -6.95. The molecule has 0 fully saturated rings. The Morgan fingerprint density at radius 3 is 0.667 bits per heavy atom. The number of allylic oxidation sites excluding steroid dienone is 1. The minimum atomic E-state index is -2.79. The van der Waals surface area contributed by atoms with E-state index in [1.165, 1.54) is 93.7 Å². The Bertz CT molecular complexity index is 4010. The van der Waals surface area contributed by atoms with Gasteiger partial charge in [-0.15, -0.1) is 0 Å². The van der Waals surface area contributed by atoms with E-state index in [2.05, 4.69) is 422 Å². The van der Waals surface area contributed by atoms with Gasteiger partial charge in [-0.1, -0.05) is 0 Å². The maximum atomic E-state index is 4.56. The summed E-state index contributed by atoms with van der Waals surface area (Å²) in [5.41, 5.74) is 28.4. The Labute approximate surface area is 635 Å². The molecular formula is C94H114Ge2N2Si4. The molecule has 2 nitrogen and oxygen atoms in total. The minimum absolute atomic E-state index is 0.0487. The summed E-state index contributed by atoms with van der Waals surface area (Å²) in [7, 11) is -10.1.